The third kappa shape index (κ3) is 9.82. The number of benzene rings is 3. The summed E-state index contributed by atoms with van der Waals surface area (Å²) in [7, 11) is -2.09. The van der Waals surface area contributed by atoms with Gasteiger partial charge in [0.25, 0.3) is 0 Å². The van der Waals surface area contributed by atoms with E-state index in [0.29, 0.717) is 17.9 Å². The molecule has 10 heteroatoms. The molecule has 0 heterocycles. The number of hydrogen-bond acceptors (Lipinski definition) is 5. The van der Waals surface area contributed by atoms with Crippen molar-refractivity contribution in [2.75, 3.05) is 24.2 Å². The zero-order valence-corrected chi connectivity index (χ0v) is 27.9. The van der Waals surface area contributed by atoms with E-state index in [0.717, 1.165) is 47.5 Å². The maximum Gasteiger partial charge on any atom is 0.243 e. The molecule has 1 atom stereocenters. The van der Waals surface area contributed by atoms with Crippen LogP contribution in [0.3, 0.4) is 0 Å². The van der Waals surface area contributed by atoms with Crippen LogP contribution < -0.4 is 14.4 Å². The molecule has 3 aromatic rings. The first-order chi connectivity index (χ1) is 21.1. The van der Waals surface area contributed by atoms with Crippen molar-refractivity contribution >= 4 is 43.5 Å². The van der Waals surface area contributed by atoms with Crippen LogP contribution in [0.5, 0.6) is 5.75 Å². The van der Waals surface area contributed by atoms with Gasteiger partial charge in [0.2, 0.25) is 21.8 Å². The Morgan fingerprint density at radius 3 is 2.32 bits per heavy atom. The van der Waals surface area contributed by atoms with Crippen molar-refractivity contribution in [1.29, 1.82) is 0 Å². The SMILES string of the molecule is COc1cccc(N(CCCC(=O)N(Cc2ccc(Br)cc2)C(Cc2ccccc2)C(=O)NC2CCCCC2)S(C)(=O)=O)c1. The van der Waals surface area contributed by atoms with Gasteiger partial charge in [0, 0.05) is 42.5 Å². The van der Waals surface area contributed by atoms with E-state index >= 15 is 0 Å². The molecule has 2 amide bonds. The molecule has 1 unspecified atom stereocenters. The smallest absolute Gasteiger partial charge is 0.243 e. The number of nitrogens with one attached hydrogen (secondary N) is 1. The lowest BCUT2D eigenvalue weighted by atomic mass is 9.94. The van der Waals surface area contributed by atoms with Gasteiger partial charge in [-0.15, -0.1) is 0 Å². The fourth-order valence-corrected chi connectivity index (χ4v) is 6.88. The molecule has 1 aliphatic rings. The van der Waals surface area contributed by atoms with E-state index in [2.05, 4.69) is 21.2 Å². The van der Waals surface area contributed by atoms with Crippen LogP contribution in [0.15, 0.2) is 83.3 Å². The fraction of sp³-hybridized carbons (Fsp3) is 0.412. The maximum absolute atomic E-state index is 14.1. The van der Waals surface area contributed by atoms with E-state index in [1.165, 1.54) is 17.8 Å². The van der Waals surface area contributed by atoms with Crippen LogP contribution in [0.1, 0.15) is 56.1 Å². The van der Waals surface area contributed by atoms with Crippen molar-refractivity contribution in [3.05, 3.63) is 94.5 Å². The summed E-state index contributed by atoms with van der Waals surface area (Å²) in [5, 5.41) is 3.26. The molecule has 0 aliphatic heterocycles. The first-order valence-corrected chi connectivity index (χ1v) is 17.8. The minimum Gasteiger partial charge on any atom is -0.497 e. The fourth-order valence-electron chi connectivity index (χ4n) is 5.65. The first-order valence-electron chi connectivity index (χ1n) is 15.1. The van der Waals surface area contributed by atoms with Crippen molar-refractivity contribution in [3.63, 3.8) is 0 Å². The number of sulfonamides is 1. The van der Waals surface area contributed by atoms with Crippen LogP contribution >= 0.6 is 15.9 Å². The Bertz CT molecular complexity index is 1480. The number of rotatable bonds is 14. The van der Waals surface area contributed by atoms with Crippen molar-refractivity contribution in [3.8, 4) is 5.75 Å². The first kappa shape index (κ1) is 33.5. The lowest BCUT2D eigenvalue weighted by Crippen LogP contribution is -2.52. The number of amides is 2. The van der Waals surface area contributed by atoms with Gasteiger partial charge in [0.1, 0.15) is 11.8 Å². The van der Waals surface area contributed by atoms with Crippen LogP contribution in [0.25, 0.3) is 0 Å². The number of ether oxygens (including phenoxy) is 1. The molecule has 44 heavy (non-hydrogen) atoms. The minimum atomic E-state index is -3.62. The standard InChI is InChI=1S/C34H42BrN3O5S/c1-43-31-16-9-15-30(24-31)38(44(2,41)42)22-10-17-33(39)37(25-27-18-20-28(35)21-19-27)32(23-26-11-5-3-6-12-26)34(40)36-29-13-7-4-8-14-29/h3,5-6,9,11-12,15-16,18-21,24,29,32H,4,7-8,10,13-14,17,22-23,25H2,1-2H3,(H,36,40). The molecule has 1 aliphatic carbocycles. The molecule has 236 valence electrons. The Kier molecular flexibility index (Phi) is 12.3. The molecule has 0 spiro atoms. The zero-order chi connectivity index (χ0) is 31.5. The number of methoxy groups -OCH3 is 1. The molecule has 3 aromatic carbocycles. The van der Waals surface area contributed by atoms with Crippen LogP contribution in [-0.4, -0.2) is 57.1 Å². The molecule has 0 saturated heterocycles. The van der Waals surface area contributed by atoms with E-state index < -0.39 is 16.1 Å². The molecule has 4 rings (SSSR count). The minimum absolute atomic E-state index is 0.0779. The zero-order valence-electron chi connectivity index (χ0n) is 25.5. The predicted octanol–water partition coefficient (Wildman–Crippen LogP) is 6.09. The number of carbonyl (C=O) groups excluding carboxylic acids is 2. The highest BCUT2D eigenvalue weighted by Gasteiger charge is 2.32. The number of carbonyl (C=O) groups is 2. The van der Waals surface area contributed by atoms with Crippen molar-refractivity contribution in [1.82, 2.24) is 10.2 Å². The van der Waals surface area contributed by atoms with Gasteiger partial charge < -0.3 is 15.0 Å². The second-order valence-corrected chi connectivity index (χ2v) is 14.2. The lowest BCUT2D eigenvalue weighted by molar-refractivity contribution is -0.141. The summed E-state index contributed by atoms with van der Waals surface area (Å²) in [6, 6.07) is 23.7. The number of halogens is 1. The summed E-state index contributed by atoms with van der Waals surface area (Å²) < 4.78 is 33.0. The van der Waals surface area contributed by atoms with Gasteiger partial charge in [-0.1, -0.05) is 83.7 Å². The van der Waals surface area contributed by atoms with Crippen molar-refractivity contribution in [2.45, 2.75) is 70.0 Å². The monoisotopic (exact) mass is 683 g/mol. The highest BCUT2D eigenvalue weighted by atomic mass is 79.9. The van der Waals surface area contributed by atoms with Gasteiger partial charge in [0.05, 0.1) is 19.1 Å². The number of hydrogen-bond donors (Lipinski definition) is 1. The average molecular weight is 685 g/mol. The second-order valence-electron chi connectivity index (χ2n) is 11.3. The van der Waals surface area contributed by atoms with E-state index in [1.807, 2.05) is 54.6 Å². The third-order valence-electron chi connectivity index (χ3n) is 7.98. The van der Waals surface area contributed by atoms with Gasteiger partial charge in [-0.05, 0) is 54.7 Å². The molecule has 1 fully saturated rings. The average Bonchev–Trinajstić information content (AvgIpc) is 3.02. The lowest BCUT2D eigenvalue weighted by Gasteiger charge is -2.34. The molecule has 0 aromatic heterocycles. The number of nitrogens with zero attached hydrogens (tertiary/aromatic N) is 2. The quantitative estimate of drug-likeness (QED) is 0.222. The molecular weight excluding hydrogens is 642 g/mol. The molecule has 1 saturated carbocycles. The van der Waals surface area contributed by atoms with E-state index in [4.69, 9.17) is 4.74 Å². The summed E-state index contributed by atoms with van der Waals surface area (Å²) in [5.41, 5.74) is 2.34. The number of anilines is 1. The van der Waals surface area contributed by atoms with E-state index in [1.54, 1.807) is 29.2 Å². The molecular formula is C34H42BrN3O5S. The Labute approximate surface area is 270 Å². The Morgan fingerprint density at radius 2 is 1.66 bits per heavy atom. The van der Waals surface area contributed by atoms with Crippen molar-refractivity contribution in [2.24, 2.45) is 0 Å². The Morgan fingerprint density at radius 1 is 0.955 bits per heavy atom. The second kappa shape index (κ2) is 16.1. The maximum atomic E-state index is 14.1. The Hall–Kier alpha value is -3.37. The van der Waals surface area contributed by atoms with E-state index in [9.17, 15) is 18.0 Å². The summed E-state index contributed by atoms with van der Waals surface area (Å²) in [4.78, 5) is 29.7. The topological polar surface area (TPSA) is 96.0 Å². The highest BCUT2D eigenvalue weighted by molar-refractivity contribution is 9.10. The van der Waals surface area contributed by atoms with Gasteiger partial charge >= 0.3 is 0 Å². The summed E-state index contributed by atoms with van der Waals surface area (Å²) in [6.07, 6.45) is 7.11. The highest BCUT2D eigenvalue weighted by Crippen LogP contribution is 2.25. The normalized spacial score (nSPS) is 14.4. The van der Waals surface area contributed by atoms with Gasteiger partial charge in [-0.25, -0.2) is 8.42 Å². The third-order valence-corrected chi connectivity index (χ3v) is 9.71. The van der Waals surface area contributed by atoms with Gasteiger partial charge in [-0.2, -0.15) is 0 Å². The van der Waals surface area contributed by atoms with Crippen LogP contribution in [0, 0.1) is 0 Å². The van der Waals surface area contributed by atoms with Gasteiger partial charge in [0.15, 0.2) is 0 Å². The van der Waals surface area contributed by atoms with E-state index in [-0.39, 0.29) is 43.8 Å². The molecule has 0 radical (unpaired) electrons. The van der Waals surface area contributed by atoms with Crippen molar-refractivity contribution < 1.29 is 22.7 Å². The summed E-state index contributed by atoms with van der Waals surface area (Å²) in [6.45, 7) is 0.370. The van der Waals surface area contributed by atoms with Crippen LogP contribution in [-0.2, 0) is 32.6 Å². The largest absolute Gasteiger partial charge is 0.497 e. The molecule has 1 N–H and O–H groups in total. The van der Waals surface area contributed by atoms with Crippen LogP contribution in [0.2, 0.25) is 0 Å². The van der Waals surface area contributed by atoms with Gasteiger partial charge in [-0.3, -0.25) is 13.9 Å². The predicted molar refractivity (Wildman–Crippen MR) is 178 cm³/mol. The summed E-state index contributed by atoms with van der Waals surface area (Å²) >= 11 is 3.48. The molecule has 0 bridgehead atoms. The molecule has 8 nitrogen and oxygen atoms in total. The van der Waals surface area contributed by atoms with Crippen LogP contribution in [0.4, 0.5) is 5.69 Å². The summed E-state index contributed by atoms with van der Waals surface area (Å²) in [5.74, 6) is 0.188. The Balaban J connectivity index is 1.58.